The number of amides is 2. The van der Waals surface area contributed by atoms with E-state index < -0.39 is 5.92 Å². The molecule has 1 atom stereocenters. The SMILES string of the molecule is COCc1cc(CNC(=O)C2CC(=O)N(c3nnc(COC)s3)C2)[nH]n1. The van der Waals surface area contributed by atoms with Gasteiger partial charge in [-0.05, 0) is 6.07 Å². The van der Waals surface area contributed by atoms with E-state index in [1.807, 2.05) is 6.07 Å². The van der Waals surface area contributed by atoms with E-state index in [4.69, 9.17) is 9.47 Å². The lowest BCUT2D eigenvalue weighted by Crippen LogP contribution is -2.32. The molecule has 1 unspecified atom stereocenters. The van der Waals surface area contributed by atoms with E-state index in [1.54, 1.807) is 14.2 Å². The summed E-state index contributed by atoms with van der Waals surface area (Å²) in [4.78, 5) is 26.1. The first-order valence-electron chi connectivity index (χ1n) is 8.02. The van der Waals surface area contributed by atoms with Gasteiger partial charge in [-0.25, -0.2) is 0 Å². The van der Waals surface area contributed by atoms with Crippen LogP contribution in [0.5, 0.6) is 0 Å². The summed E-state index contributed by atoms with van der Waals surface area (Å²) in [6, 6.07) is 1.83. The molecule has 2 aromatic heterocycles. The minimum atomic E-state index is -0.418. The lowest BCUT2D eigenvalue weighted by atomic mass is 10.1. The van der Waals surface area contributed by atoms with Gasteiger partial charge in [0.15, 0.2) is 0 Å². The Labute approximate surface area is 153 Å². The molecule has 0 radical (unpaired) electrons. The van der Waals surface area contributed by atoms with Crippen molar-refractivity contribution in [3.8, 4) is 0 Å². The standard InChI is InChI=1S/C15H20N6O4S/c1-24-7-11-4-10(17-18-11)5-16-14(23)9-3-13(22)21(6-9)15-20-19-12(26-15)8-25-2/h4,9H,3,5-8H2,1-2H3,(H,16,23)(H,17,18). The number of aromatic amines is 1. The Morgan fingerprint density at radius 1 is 1.38 bits per heavy atom. The summed E-state index contributed by atoms with van der Waals surface area (Å²) in [5, 5.41) is 18.9. The zero-order chi connectivity index (χ0) is 18.5. The second kappa shape index (κ2) is 8.34. The van der Waals surface area contributed by atoms with Gasteiger partial charge < -0.3 is 14.8 Å². The van der Waals surface area contributed by atoms with E-state index in [0.29, 0.717) is 36.4 Å². The van der Waals surface area contributed by atoms with Crippen molar-refractivity contribution in [2.24, 2.45) is 5.92 Å². The molecule has 0 aromatic carbocycles. The molecule has 3 heterocycles. The molecule has 1 aliphatic heterocycles. The van der Waals surface area contributed by atoms with Gasteiger partial charge in [0.25, 0.3) is 0 Å². The molecule has 3 rings (SSSR count). The third kappa shape index (κ3) is 4.23. The normalized spacial score (nSPS) is 17.1. The largest absolute Gasteiger partial charge is 0.378 e. The van der Waals surface area contributed by atoms with E-state index in [-0.39, 0.29) is 18.2 Å². The molecular weight excluding hydrogens is 360 g/mol. The van der Waals surface area contributed by atoms with Crippen LogP contribution in [0.1, 0.15) is 22.8 Å². The molecule has 26 heavy (non-hydrogen) atoms. The fourth-order valence-electron chi connectivity index (χ4n) is 2.65. The average Bonchev–Trinajstić information content (AvgIpc) is 3.33. The highest BCUT2D eigenvalue weighted by Crippen LogP contribution is 2.28. The number of hydrogen-bond donors (Lipinski definition) is 2. The number of H-pyrrole nitrogens is 1. The van der Waals surface area contributed by atoms with Gasteiger partial charge in [-0.1, -0.05) is 11.3 Å². The summed E-state index contributed by atoms with van der Waals surface area (Å²) >= 11 is 1.29. The average molecular weight is 380 g/mol. The summed E-state index contributed by atoms with van der Waals surface area (Å²) in [7, 11) is 3.16. The number of nitrogens with one attached hydrogen (secondary N) is 2. The highest BCUT2D eigenvalue weighted by Gasteiger charge is 2.36. The van der Waals surface area contributed by atoms with E-state index in [1.165, 1.54) is 16.2 Å². The van der Waals surface area contributed by atoms with Crippen LogP contribution in [-0.4, -0.2) is 53.0 Å². The summed E-state index contributed by atoms with van der Waals surface area (Å²) in [5.41, 5.74) is 1.54. The molecule has 1 saturated heterocycles. The van der Waals surface area contributed by atoms with Gasteiger partial charge in [0.1, 0.15) is 11.6 Å². The Hall–Kier alpha value is -2.37. The van der Waals surface area contributed by atoms with Crippen molar-refractivity contribution in [2.45, 2.75) is 26.2 Å². The first-order chi connectivity index (χ1) is 12.6. The fourth-order valence-corrected chi connectivity index (χ4v) is 3.49. The number of carbonyl (C=O) groups excluding carboxylic acids is 2. The predicted octanol–water partition coefficient (Wildman–Crippen LogP) is 0.223. The van der Waals surface area contributed by atoms with E-state index in [2.05, 4.69) is 25.7 Å². The van der Waals surface area contributed by atoms with Crippen LogP contribution in [0.2, 0.25) is 0 Å². The van der Waals surface area contributed by atoms with E-state index in [9.17, 15) is 9.59 Å². The zero-order valence-electron chi connectivity index (χ0n) is 14.5. The van der Waals surface area contributed by atoms with Crippen LogP contribution in [0, 0.1) is 5.92 Å². The van der Waals surface area contributed by atoms with Crippen LogP contribution >= 0.6 is 11.3 Å². The predicted molar refractivity (Wildman–Crippen MR) is 92.2 cm³/mol. The molecule has 140 valence electrons. The third-order valence-corrected chi connectivity index (χ3v) is 4.80. The van der Waals surface area contributed by atoms with Gasteiger partial charge in [-0.3, -0.25) is 19.6 Å². The molecule has 1 fully saturated rings. The highest BCUT2D eigenvalue weighted by atomic mass is 32.1. The molecular formula is C15H20N6O4S. The maximum atomic E-state index is 12.4. The summed E-state index contributed by atoms with van der Waals surface area (Å²) in [5.74, 6) is -0.724. The van der Waals surface area contributed by atoms with Gasteiger partial charge in [-0.2, -0.15) is 5.10 Å². The number of hydrogen-bond acceptors (Lipinski definition) is 8. The maximum absolute atomic E-state index is 12.4. The third-order valence-electron chi connectivity index (χ3n) is 3.88. The molecule has 11 heteroatoms. The Morgan fingerprint density at radius 3 is 2.96 bits per heavy atom. The number of anilines is 1. The quantitative estimate of drug-likeness (QED) is 0.672. The second-order valence-electron chi connectivity index (χ2n) is 5.85. The van der Waals surface area contributed by atoms with E-state index >= 15 is 0 Å². The fraction of sp³-hybridized carbons (Fsp3) is 0.533. The molecule has 0 aliphatic carbocycles. The van der Waals surface area contributed by atoms with Gasteiger partial charge in [0.05, 0.1) is 30.5 Å². The number of methoxy groups -OCH3 is 2. The minimum absolute atomic E-state index is 0.130. The van der Waals surface area contributed by atoms with Gasteiger partial charge >= 0.3 is 0 Å². The zero-order valence-corrected chi connectivity index (χ0v) is 15.3. The molecule has 2 N–H and O–H groups in total. The molecule has 0 spiro atoms. The van der Waals surface area contributed by atoms with Crippen molar-refractivity contribution in [1.29, 1.82) is 0 Å². The maximum Gasteiger partial charge on any atom is 0.229 e. The van der Waals surface area contributed by atoms with Crippen LogP contribution in [0.15, 0.2) is 6.07 Å². The molecule has 0 bridgehead atoms. The molecule has 2 amide bonds. The van der Waals surface area contributed by atoms with Crippen LogP contribution in [0.25, 0.3) is 0 Å². The van der Waals surface area contributed by atoms with Gasteiger partial charge in [0, 0.05) is 27.2 Å². The Balaban J connectivity index is 1.54. The van der Waals surface area contributed by atoms with Gasteiger partial charge in [0.2, 0.25) is 16.9 Å². The first-order valence-corrected chi connectivity index (χ1v) is 8.83. The van der Waals surface area contributed by atoms with Gasteiger partial charge in [-0.15, -0.1) is 10.2 Å². The summed E-state index contributed by atoms with van der Waals surface area (Å²) in [6.07, 6.45) is 0.156. The molecule has 1 aliphatic rings. The van der Waals surface area contributed by atoms with Crippen molar-refractivity contribution < 1.29 is 19.1 Å². The molecule has 0 saturated carbocycles. The number of carbonyl (C=O) groups is 2. The van der Waals surface area contributed by atoms with Crippen LogP contribution in [0.3, 0.4) is 0 Å². The van der Waals surface area contributed by atoms with Crippen molar-refractivity contribution >= 4 is 28.3 Å². The minimum Gasteiger partial charge on any atom is -0.378 e. The monoisotopic (exact) mass is 380 g/mol. The van der Waals surface area contributed by atoms with E-state index in [0.717, 1.165) is 11.4 Å². The Kier molecular flexibility index (Phi) is 5.91. The topological polar surface area (TPSA) is 122 Å². The highest BCUT2D eigenvalue weighted by molar-refractivity contribution is 7.15. The Morgan fingerprint density at radius 2 is 2.19 bits per heavy atom. The summed E-state index contributed by atoms with van der Waals surface area (Å²) < 4.78 is 10.0. The number of rotatable bonds is 8. The van der Waals surface area contributed by atoms with Crippen molar-refractivity contribution in [2.75, 3.05) is 25.7 Å². The van der Waals surface area contributed by atoms with Crippen LogP contribution in [0.4, 0.5) is 5.13 Å². The number of aromatic nitrogens is 4. The molecule has 2 aromatic rings. The number of ether oxygens (including phenoxy) is 2. The second-order valence-corrected chi connectivity index (χ2v) is 6.89. The lowest BCUT2D eigenvalue weighted by Gasteiger charge is -2.12. The van der Waals surface area contributed by atoms with Crippen LogP contribution < -0.4 is 10.2 Å². The molecule has 10 nitrogen and oxygen atoms in total. The summed E-state index contributed by atoms with van der Waals surface area (Å²) in [6.45, 7) is 1.36. The van der Waals surface area contributed by atoms with Crippen molar-refractivity contribution in [3.63, 3.8) is 0 Å². The smallest absolute Gasteiger partial charge is 0.229 e. The number of nitrogens with zero attached hydrogens (tertiary/aromatic N) is 4. The van der Waals surface area contributed by atoms with Crippen molar-refractivity contribution in [1.82, 2.24) is 25.7 Å². The van der Waals surface area contributed by atoms with Crippen LogP contribution in [-0.2, 0) is 38.8 Å². The van der Waals surface area contributed by atoms with Crippen molar-refractivity contribution in [3.05, 3.63) is 22.5 Å². The lowest BCUT2D eigenvalue weighted by molar-refractivity contribution is -0.126. The Bertz CT molecular complexity index is 776. The first kappa shape index (κ1) is 18.4.